The van der Waals surface area contributed by atoms with E-state index in [1.165, 1.54) is 4.90 Å². The summed E-state index contributed by atoms with van der Waals surface area (Å²) in [5.74, 6) is 1.44. The zero-order chi connectivity index (χ0) is 11.4. The number of benzene rings is 1. The van der Waals surface area contributed by atoms with Crippen LogP contribution in [0.1, 0.15) is 5.56 Å². The van der Waals surface area contributed by atoms with Gasteiger partial charge in [-0.05, 0) is 35.9 Å². The number of hydrogen-bond acceptors (Lipinski definition) is 4. The second-order valence-corrected chi connectivity index (χ2v) is 4.50. The molecule has 1 heterocycles. The Morgan fingerprint density at radius 2 is 1.75 bits per heavy atom. The maximum absolute atomic E-state index is 5.62. The number of hydrogen-bond donors (Lipinski definition) is 2. The van der Waals surface area contributed by atoms with Gasteiger partial charge in [0.2, 0.25) is 0 Å². The van der Waals surface area contributed by atoms with E-state index in [2.05, 4.69) is 4.98 Å². The minimum absolute atomic E-state index is 0.557. The number of nitrogens with two attached hydrogens (primary N) is 2. The molecular formula is C12H13N3S. The largest absolute Gasteiger partial charge is 0.399 e. The van der Waals surface area contributed by atoms with E-state index in [-0.39, 0.29) is 0 Å². The quantitative estimate of drug-likeness (QED) is 0.629. The van der Waals surface area contributed by atoms with Gasteiger partial charge in [-0.25, -0.2) is 4.98 Å². The van der Waals surface area contributed by atoms with Crippen LogP contribution in [-0.4, -0.2) is 4.98 Å². The van der Waals surface area contributed by atoms with Gasteiger partial charge in [-0.1, -0.05) is 6.07 Å². The molecule has 4 N–H and O–H groups in total. The van der Waals surface area contributed by atoms with Gasteiger partial charge in [0.1, 0.15) is 5.82 Å². The van der Waals surface area contributed by atoms with Crippen LogP contribution in [0.3, 0.4) is 0 Å². The molecule has 16 heavy (non-hydrogen) atoms. The standard InChI is InChI=1S/C12H13N3S/c13-10-2-4-11(5-3-10)16-8-9-1-6-12(14)15-7-9/h1-7H,8,13H2,(H2,14,15). The molecule has 82 valence electrons. The molecule has 0 bridgehead atoms. The minimum Gasteiger partial charge on any atom is -0.399 e. The van der Waals surface area contributed by atoms with Gasteiger partial charge in [0.05, 0.1) is 0 Å². The van der Waals surface area contributed by atoms with Crippen molar-refractivity contribution in [3.05, 3.63) is 48.2 Å². The third-order valence-corrected chi connectivity index (χ3v) is 3.22. The number of nitrogens with zero attached hydrogens (tertiary/aromatic N) is 1. The molecule has 0 spiro atoms. The highest BCUT2D eigenvalue weighted by Gasteiger charge is 1.97. The van der Waals surface area contributed by atoms with Gasteiger partial charge in [-0.2, -0.15) is 0 Å². The lowest BCUT2D eigenvalue weighted by molar-refractivity contribution is 1.26. The first-order chi connectivity index (χ1) is 7.74. The summed E-state index contributed by atoms with van der Waals surface area (Å²) in [6.07, 6.45) is 1.81. The predicted octanol–water partition coefficient (Wildman–Crippen LogP) is 2.54. The lowest BCUT2D eigenvalue weighted by Crippen LogP contribution is -1.90. The SMILES string of the molecule is Nc1ccc(SCc2ccc(N)nc2)cc1. The molecule has 4 heteroatoms. The Morgan fingerprint density at radius 3 is 2.38 bits per heavy atom. The van der Waals surface area contributed by atoms with E-state index in [4.69, 9.17) is 11.5 Å². The monoisotopic (exact) mass is 231 g/mol. The smallest absolute Gasteiger partial charge is 0.123 e. The lowest BCUT2D eigenvalue weighted by Gasteiger charge is -2.02. The molecule has 1 aromatic heterocycles. The fourth-order valence-corrected chi connectivity index (χ4v) is 2.08. The molecule has 3 nitrogen and oxygen atoms in total. The van der Waals surface area contributed by atoms with Crippen molar-refractivity contribution in [1.82, 2.24) is 4.98 Å². The van der Waals surface area contributed by atoms with Crippen molar-refractivity contribution >= 4 is 23.3 Å². The van der Waals surface area contributed by atoms with E-state index in [1.807, 2.05) is 36.4 Å². The van der Waals surface area contributed by atoms with E-state index in [1.54, 1.807) is 18.0 Å². The summed E-state index contributed by atoms with van der Waals surface area (Å²) in [5.41, 5.74) is 13.1. The van der Waals surface area contributed by atoms with Crippen molar-refractivity contribution < 1.29 is 0 Å². The number of nitrogen functional groups attached to an aromatic ring is 2. The molecule has 0 amide bonds. The molecule has 1 aromatic carbocycles. The maximum atomic E-state index is 5.62. The third kappa shape index (κ3) is 2.90. The van der Waals surface area contributed by atoms with Crippen molar-refractivity contribution in [3.8, 4) is 0 Å². The van der Waals surface area contributed by atoms with Crippen molar-refractivity contribution in [2.45, 2.75) is 10.6 Å². The topological polar surface area (TPSA) is 64.9 Å². The Hall–Kier alpha value is -1.68. The molecule has 0 aliphatic rings. The molecule has 2 rings (SSSR count). The third-order valence-electron chi connectivity index (χ3n) is 2.13. The zero-order valence-electron chi connectivity index (χ0n) is 8.76. The predicted molar refractivity (Wildman–Crippen MR) is 69.1 cm³/mol. The van der Waals surface area contributed by atoms with Crippen LogP contribution in [0.2, 0.25) is 0 Å². The summed E-state index contributed by atoms with van der Waals surface area (Å²) < 4.78 is 0. The van der Waals surface area contributed by atoms with E-state index in [9.17, 15) is 0 Å². The van der Waals surface area contributed by atoms with Gasteiger partial charge in [0, 0.05) is 22.5 Å². The number of aromatic nitrogens is 1. The second-order valence-electron chi connectivity index (χ2n) is 3.45. The van der Waals surface area contributed by atoms with Crippen LogP contribution in [0.5, 0.6) is 0 Å². The Kier molecular flexibility index (Phi) is 3.31. The molecule has 0 saturated heterocycles. The molecule has 0 radical (unpaired) electrons. The average Bonchev–Trinajstić information content (AvgIpc) is 2.30. The summed E-state index contributed by atoms with van der Waals surface area (Å²) in [6, 6.07) is 11.7. The first-order valence-corrected chi connectivity index (χ1v) is 5.91. The zero-order valence-corrected chi connectivity index (χ0v) is 9.58. The number of rotatable bonds is 3. The minimum atomic E-state index is 0.557. The lowest BCUT2D eigenvalue weighted by atomic mass is 10.3. The second kappa shape index (κ2) is 4.90. The fraction of sp³-hybridized carbons (Fsp3) is 0.0833. The molecule has 0 saturated carbocycles. The highest BCUT2D eigenvalue weighted by Crippen LogP contribution is 2.23. The fourth-order valence-electron chi connectivity index (χ4n) is 1.25. The van der Waals surface area contributed by atoms with Gasteiger partial charge >= 0.3 is 0 Å². The highest BCUT2D eigenvalue weighted by molar-refractivity contribution is 7.98. The first-order valence-electron chi connectivity index (χ1n) is 4.93. The molecular weight excluding hydrogens is 218 g/mol. The number of pyridine rings is 1. The highest BCUT2D eigenvalue weighted by atomic mass is 32.2. The maximum Gasteiger partial charge on any atom is 0.123 e. The Balaban J connectivity index is 1.97. The van der Waals surface area contributed by atoms with Gasteiger partial charge in [-0.3, -0.25) is 0 Å². The Bertz CT molecular complexity index is 405. The van der Waals surface area contributed by atoms with E-state index < -0.39 is 0 Å². The Labute approximate surface area is 98.9 Å². The normalized spacial score (nSPS) is 10.2. The van der Waals surface area contributed by atoms with Crippen LogP contribution >= 0.6 is 11.8 Å². The van der Waals surface area contributed by atoms with E-state index in [0.717, 1.165) is 17.0 Å². The van der Waals surface area contributed by atoms with Gasteiger partial charge in [-0.15, -0.1) is 11.8 Å². The van der Waals surface area contributed by atoms with Crippen LogP contribution in [0.4, 0.5) is 11.5 Å². The van der Waals surface area contributed by atoms with E-state index in [0.29, 0.717) is 5.82 Å². The summed E-state index contributed by atoms with van der Waals surface area (Å²) in [5, 5.41) is 0. The van der Waals surface area contributed by atoms with Crippen LogP contribution in [0.25, 0.3) is 0 Å². The van der Waals surface area contributed by atoms with Gasteiger partial charge < -0.3 is 11.5 Å². The summed E-state index contributed by atoms with van der Waals surface area (Å²) in [6.45, 7) is 0. The molecule has 0 atom stereocenters. The molecule has 0 unspecified atom stereocenters. The molecule has 2 aromatic rings. The molecule has 0 aliphatic carbocycles. The van der Waals surface area contributed by atoms with Crippen molar-refractivity contribution in [2.75, 3.05) is 11.5 Å². The van der Waals surface area contributed by atoms with Crippen molar-refractivity contribution in [3.63, 3.8) is 0 Å². The van der Waals surface area contributed by atoms with Crippen LogP contribution in [-0.2, 0) is 5.75 Å². The first kappa shape index (κ1) is 10.8. The van der Waals surface area contributed by atoms with E-state index >= 15 is 0 Å². The number of anilines is 2. The average molecular weight is 231 g/mol. The summed E-state index contributed by atoms with van der Waals surface area (Å²) >= 11 is 1.75. The summed E-state index contributed by atoms with van der Waals surface area (Å²) in [7, 11) is 0. The van der Waals surface area contributed by atoms with Crippen molar-refractivity contribution in [2.24, 2.45) is 0 Å². The van der Waals surface area contributed by atoms with Crippen molar-refractivity contribution in [1.29, 1.82) is 0 Å². The van der Waals surface area contributed by atoms with Crippen LogP contribution in [0.15, 0.2) is 47.5 Å². The Morgan fingerprint density at radius 1 is 1.00 bits per heavy atom. The van der Waals surface area contributed by atoms with Gasteiger partial charge in [0.15, 0.2) is 0 Å². The molecule has 0 aliphatic heterocycles. The van der Waals surface area contributed by atoms with Crippen LogP contribution < -0.4 is 11.5 Å². The summed E-state index contributed by atoms with van der Waals surface area (Å²) in [4.78, 5) is 5.25. The molecule has 0 fully saturated rings. The number of thioether (sulfide) groups is 1. The van der Waals surface area contributed by atoms with Crippen LogP contribution in [0, 0.1) is 0 Å². The van der Waals surface area contributed by atoms with Gasteiger partial charge in [0.25, 0.3) is 0 Å².